The zero-order valence-corrected chi connectivity index (χ0v) is 15.3. The van der Waals surface area contributed by atoms with Crippen LogP contribution in [0.1, 0.15) is 63.1 Å². The number of fused-ring (bicyclic) bond motifs is 4. The van der Waals surface area contributed by atoms with Gasteiger partial charge in [0.25, 0.3) is 0 Å². The van der Waals surface area contributed by atoms with Crippen LogP contribution < -0.4 is 16.2 Å². The molecular weight excluding hydrogens is 334 g/mol. The minimum Gasteiger partial charge on any atom is -0.440 e. The van der Waals surface area contributed by atoms with Crippen molar-refractivity contribution >= 4 is 6.09 Å². The molecule has 3 aliphatic rings. The van der Waals surface area contributed by atoms with E-state index in [9.17, 15) is 4.79 Å². The first-order chi connectivity index (χ1) is 12.6. The average Bonchev–Trinajstić information content (AvgIpc) is 3.04. The second-order valence-corrected chi connectivity index (χ2v) is 7.55. The van der Waals surface area contributed by atoms with E-state index in [0.717, 1.165) is 31.4 Å². The van der Waals surface area contributed by atoms with Crippen molar-refractivity contribution in [3.05, 3.63) is 23.8 Å². The van der Waals surface area contributed by atoms with Crippen LogP contribution in [0, 0.1) is 5.92 Å². The first-order valence-electron chi connectivity index (χ1n) is 9.53. The van der Waals surface area contributed by atoms with Crippen LogP contribution in [0.3, 0.4) is 0 Å². The number of hydrazine groups is 1. The van der Waals surface area contributed by atoms with Gasteiger partial charge in [-0.1, -0.05) is 0 Å². The van der Waals surface area contributed by atoms with E-state index < -0.39 is 12.2 Å². The third-order valence-electron chi connectivity index (χ3n) is 5.64. The van der Waals surface area contributed by atoms with E-state index in [0.29, 0.717) is 24.2 Å². The molecule has 2 fully saturated rings. The largest absolute Gasteiger partial charge is 0.440 e. The lowest BCUT2D eigenvalue weighted by Crippen LogP contribution is -2.38. The lowest BCUT2D eigenvalue weighted by molar-refractivity contribution is -0.0381. The molecule has 3 heterocycles. The van der Waals surface area contributed by atoms with Gasteiger partial charge in [-0.3, -0.25) is 10.4 Å². The molecule has 0 radical (unpaired) electrons. The molecule has 1 aromatic rings. The summed E-state index contributed by atoms with van der Waals surface area (Å²) in [6.45, 7) is 4.41. The maximum atomic E-state index is 12.0. The van der Waals surface area contributed by atoms with E-state index in [1.54, 1.807) is 12.4 Å². The number of cyclic esters (lactones) is 1. The predicted molar refractivity (Wildman–Crippen MR) is 94.0 cm³/mol. The zero-order valence-electron chi connectivity index (χ0n) is 15.3. The molecule has 6 atom stereocenters. The molecule has 3 N–H and O–H groups in total. The highest BCUT2D eigenvalue weighted by Crippen LogP contribution is 2.38. The highest BCUT2D eigenvalue weighted by Gasteiger charge is 2.42. The fraction of sp³-hybridized carbons (Fsp3) is 0.722. The summed E-state index contributed by atoms with van der Waals surface area (Å²) in [5.74, 6) is 0.409. The van der Waals surface area contributed by atoms with Gasteiger partial charge in [0.2, 0.25) is 0 Å². The van der Waals surface area contributed by atoms with Gasteiger partial charge in [-0.15, -0.1) is 0 Å². The molecule has 1 saturated carbocycles. The van der Waals surface area contributed by atoms with E-state index in [4.69, 9.17) is 14.5 Å². The number of carbonyl (C=O) groups excluding carboxylic acids is 1. The number of alkyl carbamates (subject to hydrolysis) is 1. The number of nitrogens with zero attached hydrogens (tertiary/aromatic N) is 2. The van der Waals surface area contributed by atoms with E-state index in [1.165, 1.54) is 0 Å². The van der Waals surface area contributed by atoms with Crippen LogP contribution in [0.4, 0.5) is 4.79 Å². The van der Waals surface area contributed by atoms with E-state index in [-0.39, 0.29) is 18.2 Å². The Kier molecular flexibility index (Phi) is 5.06. The molecule has 2 aliphatic heterocycles. The Morgan fingerprint density at radius 1 is 1.12 bits per heavy atom. The maximum Gasteiger partial charge on any atom is 0.407 e. The molecule has 0 spiro atoms. The zero-order chi connectivity index (χ0) is 18.1. The molecular formula is C18H27N5O3. The number of carbonyl (C=O) groups is 1. The molecule has 1 saturated heterocycles. The molecule has 1 aliphatic carbocycles. The Labute approximate surface area is 153 Å². The number of nitrogens with one attached hydrogen (secondary N) is 3. The van der Waals surface area contributed by atoms with Crippen LogP contribution in [0.25, 0.3) is 0 Å². The van der Waals surface area contributed by atoms with Crippen molar-refractivity contribution in [2.45, 2.75) is 69.9 Å². The van der Waals surface area contributed by atoms with Gasteiger partial charge in [0.05, 0.1) is 42.0 Å². The highest BCUT2D eigenvalue weighted by atomic mass is 16.6. The lowest BCUT2D eigenvalue weighted by Gasteiger charge is -2.34. The molecule has 1 amide bonds. The van der Waals surface area contributed by atoms with Gasteiger partial charge in [-0.05, 0) is 39.5 Å². The summed E-state index contributed by atoms with van der Waals surface area (Å²) in [7, 11) is 0. The maximum absolute atomic E-state index is 12.0. The summed E-state index contributed by atoms with van der Waals surface area (Å²) in [6, 6.07) is 0.508. The van der Waals surface area contributed by atoms with Crippen LogP contribution in [0.5, 0.6) is 0 Å². The SMILES string of the molecule is C[C@@H]1CCNC(=O)O[C@H](C)c2cncc(n2)C2NNC3CCC(CC32)O1. The summed E-state index contributed by atoms with van der Waals surface area (Å²) in [6.07, 6.45) is 6.78. The van der Waals surface area contributed by atoms with E-state index in [1.807, 2.05) is 6.92 Å². The van der Waals surface area contributed by atoms with Gasteiger partial charge in [0.1, 0.15) is 6.10 Å². The molecule has 1 aromatic heterocycles. The molecule has 8 heteroatoms. The average molecular weight is 361 g/mol. The fourth-order valence-electron chi connectivity index (χ4n) is 4.21. The first kappa shape index (κ1) is 17.6. The Morgan fingerprint density at radius 2 is 1.96 bits per heavy atom. The number of hydrogen-bond acceptors (Lipinski definition) is 7. The minimum atomic E-state index is -0.453. The van der Waals surface area contributed by atoms with E-state index >= 15 is 0 Å². The van der Waals surface area contributed by atoms with Crippen LogP contribution >= 0.6 is 0 Å². The fourth-order valence-corrected chi connectivity index (χ4v) is 4.21. The van der Waals surface area contributed by atoms with Crippen molar-refractivity contribution in [2.75, 3.05) is 6.54 Å². The Bertz CT molecular complexity index is 657. The van der Waals surface area contributed by atoms with Gasteiger partial charge in [0.15, 0.2) is 0 Å². The number of aromatic nitrogens is 2. The van der Waals surface area contributed by atoms with Crippen LogP contribution in [0.2, 0.25) is 0 Å². The number of rotatable bonds is 0. The Hall–Kier alpha value is -1.77. The summed E-state index contributed by atoms with van der Waals surface area (Å²) in [5, 5.41) is 2.79. The Balaban J connectivity index is 1.62. The second kappa shape index (κ2) is 7.46. The number of amides is 1. The van der Waals surface area contributed by atoms with Crippen molar-refractivity contribution in [1.82, 2.24) is 26.1 Å². The van der Waals surface area contributed by atoms with Crippen molar-refractivity contribution < 1.29 is 14.3 Å². The monoisotopic (exact) mass is 361 g/mol. The second-order valence-electron chi connectivity index (χ2n) is 7.55. The molecule has 8 nitrogen and oxygen atoms in total. The Morgan fingerprint density at radius 3 is 2.85 bits per heavy atom. The van der Waals surface area contributed by atoms with Crippen LogP contribution in [-0.4, -0.2) is 40.9 Å². The van der Waals surface area contributed by atoms with Crippen LogP contribution in [-0.2, 0) is 9.47 Å². The summed E-state index contributed by atoms with van der Waals surface area (Å²) in [5.41, 5.74) is 8.35. The van der Waals surface area contributed by atoms with Crippen molar-refractivity contribution in [3.63, 3.8) is 0 Å². The smallest absolute Gasteiger partial charge is 0.407 e. The standard InChI is InChI=1S/C18H27N5O3/c1-10-5-6-20-18(24)26-11(2)15-8-19-9-16(21-15)17-13-7-12(25-10)3-4-14(13)22-23-17/h8-14,17,22-23H,3-7H2,1-2H3,(H,20,24)/t10-,11-,12?,13?,14?,17?/m1/s1. The molecule has 142 valence electrons. The normalized spacial score (nSPS) is 37.8. The molecule has 26 heavy (non-hydrogen) atoms. The van der Waals surface area contributed by atoms with Crippen molar-refractivity contribution in [1.29, 1.82) is 0 Å². The summed E-state index contributed by atoms with van der Waals surface area (Å²) in [4.78, 5) is 21.1. The lowest BCUT2D eigenvalue weighted by atomic mass is 9.79. The number of hydrogen-bond donors (Lipinski definition) is 3. The van der Waals surface area contributed by atoms with Gasteiger partial charge in [-0.2, -0.15) is 0 Å². The molecule has 0 aromatic carbocycles. The third kappa shape index (κ3) is 3.67. The van der Waals surface area contributed by atoms with Gasteiger partial charge >= 0.3 is 6.09 Å². The quantitative estimate of drug-likeness (QED) is 0.648. The summed E-state index contributed by atoms with van der Waals surface area (Å²) >= 11 is 0. The summed E-state index contributed by atoms with van der Waals surface area (Å²) < 4.78 is 11.7. The third-order valence-corrected chi connectivity index (χ3v) is 5.64. The van der Waals surface area contributed by atoms with E-state index in [2.05, 4.69) is 28.1 Å². The molecule has 4 unspecified atom stereocenters. The highest BCUT2D eigenvalue weighted by molar-refractivity contribution is 5.67. The number of ether oxygens (including phenoxy) is 2. The van der Waals surface area contributed by atoms with Gasteiger partial charge in [-0.25, -0.2) is 15.2 Å². The van der Waals surface area contributed by atoms with Crippen molar-refractivity contribution in [3.8, 4) is 0 Å². The minimum absolute atomic E-state index is 0.0836. The van der Waals surface area contributed by atoms with Crippen LogP contribution in [0.15, 0.2) is 12.4 Å². The van der Waals surface area contributed by atoms with Gasteiger partial charge in [0, 0.05) is 18.5 Å². The first-order valence-corrected chi connectivity index (χ1v) is 9.53. The molecule has 4 rings (SSSR count). The molecule has 4 bridgehead atoms. The van der Waals surface area contributed by atoms with Crippen molar-refractivity contribution in [2.24, 2.45) is 5.92 Å². The topological polar surface area (TPSA) is 97.4 Å². The predicted octanol–water partition coefficient (Wildman–Crippen LogP) is 1.76. The van der Waals surface area contributed by atoms with Gasteiger partial charge < -0.3 is 14.8 Å².